The molecule has 0 aliphatic carbocycles. The number of aromatic nitrogens is 23. The van der Waals surface area contributed by atoms with Crippen LogP contribution in [0.2, 0.25) is 0 Å². The summed E-state index contributed by atoms with van der Waals surface area (Å²) in [4.78, 5) is 56.3. The van der Waals surface area contributed by atoms with Gasteiger partial charge >= 0.3 is 0 Å². The molecule has 0 bridgehead atoms. The van der Waals surface area contributed by atoms with Crippen molar-refractivity contribution in [3.05, 3.63) is 438 Å². The van der Waals surface area contributed by atoms with E-state index in [4.69, 9.17) is 0 Å². The van der Waals surface area contributed by atoms with Crippen molar-refractivity contribution in [1.82, 2.24) is 114 Å². The van der Waals surface area contributed by atoms with Crippen molar-refractivity contribution in [3.8, 4) is 0 Å². The summed E-state index contributed by atoms with van der Waals surface area (Å²) in [6.07, 6.45) is 66.7. The highest BCUT2D eigenvalue weighted by molar-refractivity contribution is 7.16. The summed E-state index contributed by atoms with van der Waals surface area (Å²) in [5.41, 5.74) is 9.72. The molecule has 31 heteroatoms. The van der Waals surface area contributed by atoms with Crippen molar-refractivity contribution in [2.45, 2.75) is 0 Å². The first-order chi connectivity index (χ1) is 58.3. The summed E-state index contributed by atoms with van der Waals surface area (Å²) >= 11 is 4.99. The minimum absolute atomic E-state index is 0.778. The van der Waals surface area contributed by atoms with Crippen molar-refractivity contribution >= 4 is 100.0 Å². The number of hydrogen-bond donors (Lipinski definition) is 3. The van der Waals surface area contributed by atoms with E-state index in [0.717, 1.165) is 46.5 Å². The van der Waals surface area contributed by atoms with Crippen molar-refractivity contribution in [1.29, 1.82) is 0 Å². The van der Waals surface area contributed by atoms with Crippen LogP contribution in [0, 0.1) is 0 Å². The van der Waals surface area contributed by atoms with Crippen LogP contribution in [0.1, 0.15) is 0 Å². The second-order valence-electron chi connectivity index (χ2n) is 21.7. The van der Waals surface area contributed by atoms with Crippen LogP contribution in [-0.4, -0.2) is 133 Å². The van der Waals surface area contributed by atoms with E-state index in [0.29, 0.717) is 0 Å². The first kappa shape index (κ1) is 86.7. The van der Waals surface area contributed by atoms with Gasteiger partial charge in [-0.3, -0.25) is 40.0 Å². The minimum Gasteiger partial charge on any atom is -0.473 e. The van der Waals surface area contributed by atoms with Crippen molar-refractivity contribution in [3.63, 3.8) is 0 Å². The number of aliphatic imine (C=N–C) groups is 1. The summed E-state index contributed by atoms with van der Waals surface area (Å²) in [5.74, 6) is 0. The number of aromatic amines is 3. The van der Waals surface area contributed by atoms with E-state index >= 15 is 0 Å². The molecule has 3 N–H and O–H groups in total. The topological polar surface area (TPSA) is 343 Å². The fourth-order valence-electron chi connectivity index (χ4n) is 8.40. The molecule has 0 saturated heterocycles. The third kappa shape index (κ3) is 39.1. The van der Waals surface area contributed by atoms with Crippen LogP contribution < -0.4 is 0 Å². The van der Waals surface area contributed by atoms with E-state index in [2.05, 4.69) is 161 Å². The number of benzene rings is 4. The molecule has 2 aliphatic rings. The lowest BCUT2D eigenvalue weighted by molar-refractivity contribution is 0.420. The maximum absolute atomic E-state index is 4.58. The van der Waals surface area contributed by atoms with Gasteiger partial charge < -0.3 is 27.7 Å². The third-order valence-corrected chi connectivity index (χ3v) is 15.6. The van der Waals surface area contributed by atoms with Crippen LogP contribution in [0.15, 0.2) is 463 Å². The quantitative estimate of drug-likeness (QED) is 0.127. The largest absolute Gasteiger partial charge is 0.473 e. The Bertz CT molecular complexity index is 4680. The van der Waals surface area contributed by atoms with Gasteiger partial charge in [0.05, 0.1) is 83.4 Å². The number of azo groups is 1. The van der Waals surface area contributed by atoms with E-state index in [1.54, 1.807) is 205 Å². The van der Waals surface area contributed by atoms with Gasteiger partial charge in [0.25, 0.3) is 0 Å². The maximum atomic E-state index is 4.58. The number of pyridine rings is 1. The number of nitrogens with zero attached hydrogens (tertiary/aromatic N) is 23. The summed E-state index contributed by atoms with van der Waals surface area (Å²) in [6.45, 7) is 1.67. The predicted molar refractivity (Wildman–Crippen MR) is 465 cm³/mol. The Balaban J connectivity index is 0.000000156. The Morgan fingerprint density at radius 2 is 1.04 bits per heavy atom. The monoisotopic (exact) mass is 1600 g/mol. The van der Waals surface area contributed by atoms with Gasteiger partial charge in [0, 0.05) is 183 Å². The number of thiazole rings is 2. The van der Waals surface area contributed by atoms with Crippen molar-refractivity contribution in [2.24, 2.45) is 15.2 Å². The minimum atomic E-state index is 0.778. The molecule has 4 aromatic carbocycles. The van der Waals surface area contributed by atoms with Crippen LogP contribution >= 0.6 is 34.0 Å². The average molecular weight is 1610 g/mol. The van der Waals surface area contributed by atoms with Crippen molar-refractivity contribution < 1.29 is 8.94 Å². The molecular weight excluding hydrogens is 1530 g/mol. The standard InChI is InChI=1S/2C8H7N.C7H6N2.C7H5NS.3C6H5N3.C5H5N.3C4H4N2.C4H5N.C4H4O.C4H4S.C3H4N2.C3H3NO.C3H3NS/c1-2-4-8-6-9-5-7(8)3-1;1-2-4-8-7(3-1)5-6-9-8;1-2-4-7-6(3-1)5-8-9-7;1-2-4-7-6(3-1)8-5-9-7;2*1-3-9-4-2-8-6(9)5-7-1;1-3-7-6-2-4-8-9(6)5-1;1-2-4-6-5-3-1;1-2-6-4-3-5-1;1-2-5-4-6-3-1;1-2-4-6-5-3-1;5*1-2-4-5-3-1;1-2-5-3-4-1/h2*1-6,9H;1-5H,(H,8,9);4*1-5H;1-5H;3*1-4H;1-3H,4H2;2*1-4H;1-2H,3H2;2*1-3H. The number of thiophene rings is 1. The Kier molecular flexibility index (Phi) is 43.7. The number of imidazole rings is 2. The molecule has 0 spiro atoms. The number of hydrogen-bond acceptors (Lipinski definition) is 25. The van der Waals surface area contributed by atoms with Crippen LogP contribution in [0.4, 0.5) is 0 Å². The van der Waals surface area contributed by atoms with Gasteiger partial charge in [-0.05, 0) is 124 Å². The van der Waals surface area contributed by atoms with Gasteiger partial charge in [-0.2, -0.15) is 42.0 Å². The molecule has 0 unspecified atom stereocenters. The zero-order valence-corrected chi connectivity index (χ0v) is 65.3. The molecule has 117 heavy (non-hydrogen) atoms. The van der Waals surface area contributed by atoms with E-state index in [-0.39, 0.29) is 0 Å². The van der Waals surface area contributed by atoms with Crippen LogP contribution in [-0.2, 0) is 0 Å². The third-order valence-electron chi connectivity index (χ3n) is 13.6. The van der Waals surface area contributed by atoms with E-state index in [9.17, 15) is 0 Å². The number of fused-ring (bicyclic) bond motifs is 7. The van der Waals surface area contributed by atoms with Crippen LogP contribution in [0.3, 0.4) is 0 Å². The summed E-state index contributed by atoms with van der Waals surface area (Å²) in [5, 5.41) is 39.3. The van der Waals surface area contributed by atoms with E-state index in [1.165, 1.54) is 39.0 Å². The number of nitrogens with one attached hydrogen (secondary N) is 3. The summed E-state index contributed by atoms with van der Waals surface area (Å²) in [6, 6.07) is 59.0. The second-order valence-corrected chi connectivity index (χ2v) is 24.1. The molecule has 22 aromatic rings. The molecule has 24 rings (SSSR count). The molecule has 0 atom stereocenters. The number of rotatable bonds is 0. The van der Waals surface area contributed by atoms with Crippen LogP contribution in [0.5, 0.6) is 0 Å². The zero-order chi connectivity index (χ0) is 80.9. The summed E-state index contributed by atoms with van der Waals surface area (Å²) < 4.78 is 15.7. The van der Waals surface area contributed by atoms with Crippen LogP contribution in [0.25, 0.3) is 59.7 Å². The van der Waals surface area contributed by atoms with Gasteiger partial charge in [0.15, 0.2) is 16.9 Å². The first-order valence-corrected chi connectivity index (χ1v) is 38.2. The Labute approximate surface area is 685 Å². The molecule has 28 nitrogen and oxygen atoms in total. The number of furan rings is 1. The fraction of sp³-hybridized carbons (Fsp3) is 0.0233. The molecule has 18 aromatic heterocycles. The Morgan fingerprint density at radius 1 is 0.402 bits per heavy atom. The lowest BCUT2D eigenvalue weighted by Gasteiger charge is -1.86. The lowest BCUT2D eigenvalue weighted by atomic mass is 10.2. The molecule has 584 valence electrons. The number of para-hydroxylation sites is 3. The first-order valence-electron chi connectivity index (χ1n) is 35.4. The maximum Gasteiger partial charge on any atom is 0.155 e. The van der Waals surface area contributed by atoms with Gasteiger partial charge in [-0.25, -0.2) is 34.4 Å². The number of H-pyrrole nitrogens is 3. The highest BCUT2D eigenvalue weighted by Gasteiger charge is 1.93. The van der Waals surface area contributed by atoms with Gasteiger partial charge in [-0.1, -0.05) is 102 Å². The fourth-order valence-corrected chi connectivity index (χ4v) is 9.88. The second kappa shape index (κ2) is 59.0. The molecule has 2 aliphatic heterocycles. The summed E-state index contributed by atoms with van der Waals surface area (Å²) in [7, 11) is 0. The normalized spacial score (nSPS) is 10.0. The van der Waals surface area contributed by atoms with Gasteiger partial charge in [0.2, 0.25) is 0 Å². The Hall–Kier alpha value is -15.9. The average Bonchev–Trinajstić information content (AvgIpc) is 1.81. The SMILES string of the molecule is C1=CCN=C1.C1=CN=NC1.c1ccc2[nH]ccc2c1.c1ccc2[nH]ncc2c1.c1ccc2c[nH]cc2c1.c1ccc2scnc2c1.c1ccncc1.c1ccnnc1.c1ccoc1.c1ccsc1.c1cn2ccnc2cn1.c1cn2ccnc2cn1.c1cnc2ccnn2c1.c1cnccn1.c1cncnc1.c1cnoc1.c1cscn1. The molecule has 0 fully saturated rings. The number of allylic oxidation sites excluding steroid dienone is 1. The van der Waals surface area contributed by atoms with E-state index in [1.807, 2.05) is 238 Å². The predicted octanol–water partition coefficient (Wildman–Crippen LogP) is 19.3. The highest BCUT2D eigenvalue weighted by Crippen LogP contribution is 2.16. The molecule has 0 saturated carbocycles. The molecule has 0 radical (unpaired) electrons. The Morgan fingerprint density at radius 3 is 1.49 bits per heavy atom. The lowest BCUT2D eigenvalue weighted by Crippen LogP contribution is -1.85. The molecule has 20 heterocycles. The molecular formula is C86H80N26O2S3. The highest BCUT2D eigenvalue weighted by atomic mass is 32.1. The van der Waals surface area contributed by atoms with E-state index < -0.39 is 0 Å². The van der Waals surface area contributed by atoms with Gasteiger partial charge in [0.1, 0.15) is 12.6 Å². The zero-order valence-electron chi connectivity index (χ0n) is 62.9. The molecule has 0 amide bonds. The van der Waals surface area contributed by atoms with Crippen molar-refractivity contribution in [2.75, 3.05) is 13.1 Å². The smallest absolute Gasteiger partial charge is 0.155 e. The van der Waals surface area contributed by atoms with Gasteiger partial charge in [-0.15, -0.1) is 22.7 Å².